The van der Waals surface area contributed by atoms with Crippen LogP contribution in [0.3, 0.4) is 0 Å². The van der Waals surface area contributed by atoms with Gasteiger partial charge in [-0.1, -0.05) is 32.1 Å². The number of benzene rings is 1. The number of hydrogen-bond acceptors (Lipinski definition) is 3. The summed E-state index contributed by atoms with van der Waals surface area (Å²) in [5, 5.41) is 8.85. The number of carbonyl (C=O) groups excluding carboxylic acids is 1. The van der Waals surface area contributed by atoms with Gasteiger partial charge < -0.3 is 4.74 Å². The molecular weight excluding hydrogens is 398 g/mol. The molecule has 0 amide bonds. The van der Waals surface area contributed by atoms with E-state index in [0.717, 1.165) is 8.96 Å². The highest BCUT2D eigenvalue weighted by Crippen LogP contribution is 2.60. The van der Waals surface area contributed by atoms with E-state index in [1.54, 1.807) is 18.2 Å². The van der Waals surface area contributed by atoms with E-state index in [9.17, 15) is 4.79 Å². The minimum Gasteiger partial charge on any atom is -0.461 e. The molecule has 0 heterocycles. The number of allylic oxidation sites excluding steroid dienone is 1. The first-order valence-electron chi connectivity index (χ1n) is 6.54. The number of nitriles is 1. The number of ether oxygens (including phenoxy) is 1. The van der Waals surface area contributed by atoms with Crippen LogP contribution in [0.2, 0.25) is 0 Å². The van der Waals surface area contributed by atoms with Crippen molar-refractivity contribution in [3.8, 4) is 6.07 Å². The Balaban J connectivity index is 1.97. The van der Waals surface area contributed by atoms with E-state index >= 15 is 0 Å². The van der Waals surface area contributed by atoms with E-state index in [1.807, 2.05) is 12.1 Å². The molecule has 5 heteroatoms. The molecule has 1 fully saturated rings. The lowest BCUT2D eigenvalue weighted by Crippen LogP contribution is -2.10. The molecule has 110 valence electrons. The maximum atomic E-state index is 12.2. The number of nitrogens with zero attached hydrogens (tertiary/aromatic N) is 1. The van der Waals surface area contributed by atoms with Gasteiger partial charge in [-0.2, -0.15) is 5.26 Å². The van der Waals surface area contributed by atoms with Gasteiger partial charge in [-0.15, -0.1) is 0 Å². The van der Waals surface area contributed by atoms with Gasteiger partial charge in [0.2, 0.25) is 0 Å². The molecule has 2 atom stereocenters. The van der Waals surface area contributed by atoms with Gasteiger partial charge in [0, 0.05) is 0 Å². The fourth-order valence-corrected chi connectivity index (χ4v) is 3.12. The van der Waals surface area contributed by atoms with Crippen LogP contribution in [0.5, 0.6) is 0 Å². The minimum atomic E-state index is -0.190. The molecule has 1 aromatic rings. The molecular formula is C16H15Br2NO2. The molecule has 0 unspecified atom stereocenters. The summed E-state index contributed by atoms with van der Waals surface area (Å²) in [5.41, 5.74) is 1.31. The minimum absolute atomic E-state index is 0.0849. The van der Waals surface area contributed by atoms with Crippen molar-refractivity contribution < 1.29 is 9.53 Å². The van der Waals surface area contributed by atoms with Crippen molar-refractivity contribution in [2.45, 2.75) is 20.5 Å². The van der Waals surface area contributed by atoms with Gasteiger partial charge in [-0.05, 0) is 60.9 Å². The summed E-state index contributed by atoms with van der Waals surface area (Å²) in [5.74, 6) is -0.143. The van der Waals surface area contributed by atoms with Crippen LogP contribution < -0.4 is 0 Å². The van der Waals surface area contributed by atoms with Crippen LogP contribution >= 0.6 is 31.9 Å². The fraction of sp³-hybridized carbons (Fsp3) is 0.375. The molecule has 0 aliphatic heterocycles. The Morgan fingerprint density at radius 2 is 2.19 bits per heavy atom. The highest BCUT2D eigenvalue weighted by molar-refractivity contribution is 9.28. The molecule has 0 spiro atoms. The summed E-state index contributed by atoms with van der Waals surface area (Å²) in [6, 6.07) is 9.17. The normalized spacial score (nSPS) is 22.0. The molecule has 2 rings (SSSR count). The molecule has 1 aliphatic rings. The van der Waals surface area contributed by atoms with Gasteiger partial charge in [-0.3, -0.25) is 4.79 Å². The lowest BCUT2D eigenvalue weighted by atomic mass is 10.1. The van der Waals surface area contributed by atoms with E-state index in [1.165, 1.54) is 0 Å². The Kier molecular flexibility index (Phi) is 4.90. The third-order valence-corrected chi connectivity index (χ3v) is 4.44. The largest absolute Gasteiger partial charge is 0.461 e. The van der Waals surface area contributed by atoms with Crippen molar-refractivity contribution >= 4 is 37.8 Å². The van der Waals surface area contributed by atoms with Crippen LogP contribution in [0.1, 0.15) is 25.0 Å². The molecule has 3 nitrogen and oxygen atoms in total. The van der Waals surface area contributed by atoms with E-state index in [0.29, 0.717) is 5.56 Å². The van der Waals surface area contributed by atoms with Gasteiger partial charge in [-0.25, -0.2) is 0 Å². The smallest absolute Gasteiger partial charge is 0.310 e. The third kappa shape index (κ3) is 3.75. The van der Waals surface area contributed by atoms with Crippen molar-refractivity contribution in [3.63, 3.8) is 0 Å². The average Bonchev–Trinajstić information content (AvgIpc) is 2.96. The SMILES string of the molecule is CC1(C)[C@H](C=C(Br)Br)[C@H]1C(=O)OCc1cccc(C#N)c1. The van der Waals surface area contributed by atoms with Crippen LogP contribution in [-0.4, -0.2) is 5.97 Å². The second kappa shape index (κ2) is 6.33. The summed E-state index contributed by atoms with van der Waals surface area (Å²) >= 11 is 6.66. The summed E-state index contributed by atoms with van der Waals surface area (Å²) in [7, 11) is 0. The molecule has 0 bridgehead atoms. The summed E-state index contributed by atoms with van der Waals surface area (Å²) < 4.78 is 6.24. The Hall–Kier alpha value is -1.12. The molecule has 1 aliphatic carbocycles. The highest BCUT2D eigenvalue weighted by Gasteiger charge is 2.61. The summed E-state index contributed by atoms with van der Waals surface area (Å²) in [6.07, 6.45) is 1.99. The van der Waals surface area contributed by atoms with Crippen LogP contribution in [0.25, 0.3) is 0 Å². The van der Waals surface area contributed by atoms with Gasteiger partial charge in [0.1, 0.15) is 6.61 Å². The average molecular weight is 413 g/mol. The van der Waals surface area contributed by atoms with E-state index in [4.69, 9.17) is 10.00 Å². The summed E-state index contributed by atoms with van der Waals surface area (Å²) in [4.78, 5) is 12.2. The molecule has 0 aromatic heterocycles. The van der Waals surface area contributed by atoms with Crippen molar-refractivity contribution in [1.82, 2.24) is 0 Å². The molecule has 0 saturated heterocycles. The van der Waals surface area contributed by atoms with E-state index in [2.05, 4.69) is 51.8 Å². The van der Waals surface area contributed by atoms with Crippen molar-refractivity contribution in [2.24, 2.45) is 17.3 Å². The van der Waals surface area contributed by atoms with Crippen LogP contribution in [0, 0.1) is 28.6 Å². The quantitative estimate of drug-likeness (QED) is 0.683. The van der Waals surface area contributed by atoms with Crippen molar-refractivity contribution in [1.29, 1.82) is 5.26 Å². The summed E-state index contributed by atoms with van der Waals surface area (Å²) in [6.45, 7) is 4.31. The van der Waals surface area contributed by atoms with Gasteiger partial charge in [0.05, 0.1) is 20.9 Å². The standard InChI is InChI=1S/C16H15Br2NO2/c1-16(2)12(7-13(17)18)14(16)15(20)21-9-11-5-3-4-10(6-11)8-19/h3-7,12,14H,9H2,1-2H3/t12-,14+/m1/s1. The first kappa shape index (κ1) is 16.3. The number of esters is 1. The first-order valence-corrected chi connectivity index (χ1v) is 8.13. The Bertz CT molecular complexity index is 627. The first-order chi connectivity index (χ1) is 9.86. The highest BCUT2D eigenvalue weighted by atomic mass is 79.9. The lowest BCUT2D eigenvalue weighted by molar-refractivity contribution is -0.147. The fourth-order valence-electron chi connectivity index (χ4n) is 2.55. The lowest BCUT2D eigenvalue weighted by Gasteiger charge is -2.06. The van der Waals surface area contributed by atoms with Gasteiger partial charge >= 0.3 is 5.97 Å². The van der Waals surface area contributed by atoms with Crippen LogP contribution in [0.15, 0.2) is 33.7 Å². The number of hydrogen-bond donors (Lipinski definition) is 0. The number of rotatable bonds is 4. The van der Waals surface area contributed by atoms with Crippen LogP contribution in [0.4, 0.5) is 0 Å². The zero-order valence-electron chi connectivity index (χ0n) is 11.8. The third-order valence-electron chi connectivity index (χ3n) is 3.91. The maximum Gasteiger partial charge on any atom is 0.310 e. The van der Waals surface area contributed by atoms with Crippen molar-refractivity contribution in [3.05, 3.63) is 44.9 Å². The topological polar surface area (TPSA) is 50.1 Å². The Morgan fingerprint density at radius 3 is 2.81 bits per heavy atom. The van der Waals surface area contributed by atoms with Crippen LogP contribution in [-0.2, 0) is 16.1 Å². The molecule has 0 N–H and O–H groups in total. The van der Waals surface area contributed by atoms with Crippen molar-refractivity contribution in [2.75, 3.05) is 0 Å². The second-order valence-corrected chi connectivity index (χ2v) is 8.47. The predicted octanol–water partition coefficient (Wildman–Crippen LogP) is 4.50. The molecule has 1 saturated carbocycles. The number of carbonyl (C=O) groups is 1. The second-order valence-electron chi connectivity index (χ2n) is 5.70. The molecule has 0 radical (unpaired) electrons. The monoisotopic (exact) mass is 411 g/mol. The Labute approximate surface area is 141 Å². The zero-order valence-corrected chi connectivity index (χ0v) is 14.9. The maximum absolute atomic E-state index is 12.2. The Morgan fingerprint density at radius 1 is 1.48 bits per heavy atom. The van der Waals surface area contributed by atoms with Gasteiger partial charge in [0.25, 0.3) is 0 Å². The molecule has 21 heavy (non-hydrogen) atoms. The van der Waals surface area contributed by atoms with E-state index in [-0.39, 0.29) is 29.8 Å². The zero-order chi connectivity index (χ0) is 15.6. The van der Waals surface area contributed by atoms with E-state index < -0.39 is 0 Å². The predicted molar refractivity (Wildman–Crippen MR) is 87.7 cm³/mol. The van der Waals surface area contributed by atoms with Gasteiger partial charge in [0.15, 0.2) is 0 Å². The molecule has 1 aromatic carbocycles. The number of halogens is 2.